The smallest absolute Gasteiger partial charge is 0.258 e. The van der Waals surface area contributed by atoms with E-state index in [1.807, 2.05) is 48.5 Å². The lowest BCUT2D eigenvalue weighted by molar-refractivity contribution is -0.119. The van der Waals surface area contributed by atoms with Crippen LogP contribution in [0.2, 0.25) is 0 Å². The Morgan fingerprint density at radius 3 is 2.78 bits per heavy atom. The number of nitrogens with zero attached hydrogens (tertiary/aromatic N) is 1. The molecule has 0 fully saturated rings. The van der Waals surface area contributed by atoms with E-state index >= 15 is 0 Å². The molecule has 0 saturated heterocycles. The molecule has 0 aromatic heterocycles. The van der Waals surface area contributed by atoms with Crippen LogP contribution in [0.3, 0.4) is 0 Å². The summed E-state index contributed by atoms with van der Waals surface area (Å²) < 4.78 is 5.65. The van der Waals surface area contributed by atoms with Crippen molar-refractivity contribution in [3.05, 3.63) is 59.7 Å². The Hall–Kier alpha value is -3.08. The normalized spacial score (nSPS) is 15.7. The fraction of sp³-hybridized carbons (Fsp3) is 0.111. The molecule has 114 valence electrons. The zero-order chi connectivity index (χ0) is 15.8. The summed E-state index contributed by atoms with van der Waals surface area (Å²) in [7, 11) is 0. The van der Waals surface area contributed by atoms with Crippen LogP contribution in [0.5, 0.6) is 5.75 Å². The van der Waals surface area contributed by atoms with Gasteiger partial charge in [0.05, 0.1) is 16.9 Å². The number of amides is 2. The zero-order valence-electron chi connectivity index (χ0n) is 12.3. The Bertz CT molecular complexity index is 842. The number of ether oxygens (including phenoxy) is 1. The van der Waals surface area contributed by atoms with Crippen molar-refractivity contribution in [1.29, 1.82) is 0 Å². The largest absolute Gasteiger partial charge is 0.488 e. The number of hydrogen-bond acceptors (Lipinski definition) is 3. The third-order valence-corrected chi connectivity index (χ3v) is 3.92. The number of carbonyl (C=O) groups excluding carboxylic acids is 2. The van der Waals surface area contributed by atoms with Crippen LogP contribution < -0.4 is 15.0 Å². The van der Waals surface area contributed by atoms with Gasteiger partial charge in [-0.2, -0.15) is 0 Å². The van der Waals surface area contributed by atoms with Gasteiger partial charge in [-0.1, -0.05) is 30.3 Å². The summed E-state index contributed by atoms with van der Waals surface area (Å²) in [5, 5.41) is 2.78. The first kappa shape index (κ1) is 13.6. The second kappa shape index (κ2) is 5.28. The lowest BCUT2D eigenvalue weighted by atomic mass is 10.1. The van der Waals surface area contributed by atoms with E-state index < -0.39 is 0 Å². The maximum atomic E-state index is 12.9. The van der Waals surface area contributed by atoms with Crippen LogP contribution >= 0.6 is 0 Å². The monoisotopic (exact) mass is 306 g/mol. The molecule has 2 aromatic rings. The van der Waals surface area contributed by atoms with Gasteiger partial charge in [-0.25, -0.2) is 0 Å². The van der Waals surface area contributed by atoms with Gasteiger partial charge < -0.3 is 10.1 Å². The Morgan fingerprint density at radius 2 is 1.87 bits per heavy atom. The van der Waals surface area contributed by atoms with Crippen molar-refractivity contribution < 1.29 is 14.3 Å². The minimum absolute atomic E-state index is 0.00876. The Balaban J connectivity index is 1.71. The van der Waals surface area contributed by atoms with Crippen molar-refractivity contribution in [2.75, 3.05) is 23.4 Å². The van der Waals surface area contributed by atoms with Gasteiger partial charge in [-0.3, -0.25) is 14.5 Å². The molecule has 0 bridgehead atoms. The molecule has 2 aliphatic heterocycles. The van der Waals surface area contributed by atoms with Crippen molar-refractivity contribution in [3.8, 4) is 5.75 Å². The van der Waals surface area contributed by atoms with Crippen LogP contribution in [0.25, 0.3) is 6.08 Å². The van der Waals surface area contributed by atoms with E-state index in [-0.39, 0.29) is 25.0 Å². The Kier molecular flexibility index (Phi) is 3.12. The molecule has 2 heterocycles. The molecule has 2 aliphatic rings. The van der Waals surface area contributed by atoms with Crippen molar-refractivity contribution in [3.63, 3.8) is 0 Å². The first-order chi connectivity index (χ1) is 11.2. The van der Waals surface area contributed by atoms with Crippen LogP contribution in [0.1, 0.15) is 5.56 Å². The summed E-state index contributed by atoms with van der Waals surface area (Å²) >= 11 is 0. The van der Waals surface area contributed by atoms with E-state index in [0.29, 0.717) is 16.9 Å². The van der Waals surface area contributed by atoms with Gasteiger partial charge >= 0.3 is 0 Å². The quantitative estimate of drug-likeness (QED) is 0.880. The fourth-order valence-corrected chi connectivity index (χ4v) is 2.83. The molecule has 0 radical (unpaired) electrons. The number of carbonyl (C=O) groups is 2. The van der Waals surface area contributed by atoms with Gasteiger partial charge in [0.2, 0.25) is 5.91 Å². The molecule has 4 rings (SSSR count). The number of rotatable bonds is 1. The average molecular weight is 306 g/mol. The molecule has 1 N–H and O–H groups in total. The first-order valence-corrected chi connectivity index (χ1v) is 7.35. The van der Waals surface area contributed by atoms with Crippen molar-refractivity contribution in [1.82, 2.24) is 0 Å². The molecular weight excluding hydrogens is 292 g/mol. The van der Waals surface area contributed by atoms with Gasteiger partial charge in [-0.15, -0.1) is 0 Å². The topological polar surface area (TPSA) is 58.6 Å². The molecule has 2 aromatic carbocycles. The zero-order valence-corrected chi connectivity index (χ0v) is 12.3. The number of anilines is 2. The summed E-state index contributed by atoms with van der Waals surface area (Å²) in [6.07, 6.45) is 1.83. The highest BCUT2D eigenvalue weighted by atomic mass is 16.5. The molecule has 0 spiro atoms. The minimum Gasteiger partial charge on any atom is -0.488 e. The van der Waals surface area contributed by atoms with E-state index in [0.717, 1.165) is 11.3 Å². The summed E-state index contributed by atoms with van der Waals surface area (Å²) in [5.41, 5.74) is 2.76. The van der Waals surface area contributed by atoms with Crippen molar-refractivity contribution in [2.24, 2.45) is 0 Å². The predicted octanol–water partition coefficient (Wildman–Crippen LogP) is 2.45. The van der Waals surface area contributed by atoms with Gasteiger partial charge in [-0.05, 0) is 24.3 Å². The highest BCUT2D eigenvalue weighted by Crippen LogP contribution is 2.32. The van der Waals surface area contributed by atoms with Crippen LogP contribution in [-0.4, -0.2) is 25.0 Å². The lowest BCUT2D eigenvalue weighted by Crippen LogP contribution is -2.43. The van der Waals surface area contributed by atoms with E-state index in [9.17, 15) is 9.59 Å². The average Bonchev–Trinajstić information content (AvgIpc) is 2.60. The molecule has 23 heavy (non-hydrogen) atoms. The Labute approximate surface area is 133 Å². The summed E-state index contributed by atoms with van der Waals surface area (Å²) in [6.45, 7) is 0.213. The highest BCUT2D eigenvalue weighted by Gasteiger charge is 2.29. The number of hydrogen-bond donors (Lipinski definition) is 1. The summed E-state index contributed by atoms with van der Waals surface area (Å²) in [4.78, 5) is 26.2. The number of benzene rings is 2. The third kappa shape index (κ3) is 2.36. The lowest BCUT2D eigenvalue weighted by Gasteiger charge is -2.30. The van der Waals surface area contributed by atoms with E-state index in [1.165, 1.54) is 4.90 Å². The van der Waals surface area contributed by atoms with E-state index in [1.54, 1.807) is 6.07 Å². The van der Waals surface area contributed by atoms with E-state index in [4.69, 9.17) is 4.74 Å². The molecular formula is C18H14N2O3. The van der Waals surface area contributed by atoms with Gasteiger partial charge in [0.25, 0.3) is 5.91 Å². The van der Waals surface area contributed by atoms with Crippen LogP contribution in [0.15, 0.2) is 54.1 Å². The predicted molar refractivity (Wildman–Crippen MR) is 87.3 cm³/mol. The molecule has 5 nitrogen and oxygen atoms in total. The Morgan fingerprint density at radius 1 is 1.09 bits per heavy atom. The number of fused-ring (bicyclic) bond motifs is 2. The highest BCUT2D eigenvalue weighted by molar-refractivity contribution is 6.16. The van der Waals surface area contributed by atoms with Gasteiger partial charge in [0, 0.05) is 5.56 Å². The molecule has 2 amide bonds. The van der Waals surface area contributed by atoms with Gasteiger partial charge in [0.15, 0.2) is 0 Å². The van der Waals surface area contributed by atoms with Gasteiger partial charge in [0.1, 0.15) is 18.9 Å². The minimum atomic E-state index is -0.207. The molecule has 5 heteroatoms. The first-order valence-electron chi connectivity index (χ1n) is 7.35. The maximum Gasteiger partial charge on any atom is 0.258 e. The molecule has 0 aliphatic carbocycles. The second-order valence-electron chi connectivity index (χ2n) is 5.45. The van der Waals surface area contributed by atoms with Crippen molar-refractivity contribution >= 4 is 29.3 Å². The number of para-hydroxylation sites is 3. The molecule has 0 atom stereocenters. The summed E-state index contributed by atoms with van der Waals surface area (Å²) in [5.74, 6) is 0.359. The van der Waals surface area contributed by atoms with E-state index in [2.05, 4.69) is 5.32 Å². The maximum absolute atomic E-state index is 12.9. The molecule has 0 saturated carbocycles. The second-order valence-corrected chi connectivity index (χ2v) is 5.45. The third-order valence-electron chi connectivity index (χ3n) is 3.92. The van der Waals surface area contributed by atoms with Crippen LogP contribution in [0, 0.1) is 0 Å². The van der Waals surface area contributed by atoms with Crippen LogP contribution in [0.4, 0.5) is 11.4 Å². The fourth-order valence-electron chi connectivity index (χ4n) is 2.83. The van der Waals surface area contributed by atoms with Crippen LogP contribution in [-0.2, 0) is 9.59 Å². The van der Waals surface area contributed by atoms with Crippen molar-refractivity contribution in [2.45, 2.75) is 0 Å². The standard InChI is InChI=1S/C18H14N2O3/c21-17-10-20(15-7-3-2-6-14(15)19-17)18(22)13-9-12-5-1-4-8-16(12)23-11-13/h1-9H,10-11H2,(H,19,21). The summed E-state index contributed by atoms with van der Waals surface area (Å²) in [6, 6.07) is 14.8. The molecule has 0 unspecified atom stereocenters. The SMILES string of the molecule is O=C1CN(C(=O)C2=Cc3ccccc3OC2)c2ccccc2N1. The number of nitrogens with one attached hydrogen (secondary N) is 1.